The van der Waals surface area contributed by atoms with Gasteiger partial charge in [0.2, 0.25) is 0 Å². The topological polar surface area (TPSA) is 124 Å². The number of hydrogen-bond donors (Lipinski definition) is 4. The summed E-state index contributed by atoms with van der Waals surface area (Å²) in [5.41, 5.74) is 2.31. The van der Waals surface area contributed by atoms with Crippen molar-refractivity contribution >= 4 is 54.6 Å². The van der Waals surface area contributed by atoms with Crippen LogP contribution in [0, 0.1) is 0 Å². The minimum atomic E-state index is -1.94. The van der Waals surface area contributed by atoms with Gasteiger partial charge < -0.3 is 0 Å². The molecule has 0 aromatic heterocycles. The molecule has 22 heavy (non-hydrogen) atoms. The Morgan fingerprint density at radius 1 is 1.23 bits per heavy atom. The van der Waals surface area contributed by atoms with Gasteiger partial charge in [0.05, 0.1) is 0 Å². The van der Waals surface area contributed by atoms with E-state index in [9.17, 15) is 18.5 Å². The van der Waals surface area contributed by atoms with E-state index >= 15 is 0 Å². The first-order chi connectivity index (χ1) is 10.3. The Morgan fingerprint density at radius 2 is 1.82 bits per heavy atom. The van der Waals surface area contributed by atoms with Crippen LogP contribution in [0.1, 0.15) is 6.42 Å². The number of carbonyl (C=O) groups is 3. The van der Waals surface area contributed by atoms with E-state index in [1.807, 2.05) is 0 Å². The molecule has 0 saturated carbocycles. The number of carboxylic acids is 2. The van der Waals surface area contributed by atoms with E-state index in [4.69, 9.17) is 10.2 Å². The van der Waals surface area contributed by atoms with Crippen molar-refractivity contribution in [3.8, 4) is 0 Å². The number of carboxylic acid groups (broad SMARTS) is 2. The average molecular weight is 389 g/mol. The third kappa shape index (κ3) is 6.51. The van der Waals surface area contributed by atoms with Gasteiger partial charge in [-0.25, -0.2) is 0 Å². The summed E-state index contributed by atoms with van der Waals surface area (Å²) in [4.78, 5) is 33.1. The number of carbonyl (C=O) groups excluding carboxylic acids is 1. The zero-order valence-corrected chi connectivity index (χ0v) is 14.4. The molecule has 4 N–H and O–H groups in total. The monoisotopic (exact) mass is 389 g/mol. The number of rotatable bonds is 8. The molecule has 0 saturated heterocycles. The average Bonchev–Trinajstić information content (AvgIpc) is 2.43. The molecular weight excluding hydrogens is 373 g/mol. The molecule has 1 amide bonds. The fourth-order valence-electron chi connectivity index (χ4n) is 1.51. The second-order valence-corrected chi connectivity index (χ2v) is 8.83. The molecule has 0 aliphatic carbocycles. The van der Waals surface area contributed by atoms with Gasteiger partial charge in [-0.2, -0.15) is 0 Å². The van der Waals surface area contributed by atoms with Gasteiger partial charge in [-0.05, 0) is 0 Å². The molecule has 9 heteroatoms. The van der Waals surface area contributed by atoms with Gasteiger partial charge in [0, 0.05) is 0 Å². The summed E-state index contributed by atoms with van der Waals surface area (Å²) in [5, 5.41) is 18.9. The molecule has 1 aromatic rings. The Hall–Kier alpha value is -1.50. The van der Waals surface area contributed by atoms with Crippen LogP contribution in [0.25, 0.3) is 0 Å². The first-order valence-corrected chi connectivity index (χ1v) is 10.9. The molecule has 0 aliphatic rings. The predicted octanol–water partition coefficient (Wildman–Crippen LogP) is 0.107. The Morgan fingerprint density at radius 3 is 2.27 bits per heavy atom. The number of anilines is 1. The number of thioether (sulfide) groups is 1. The quantitative estimate of drug-likeness (QED) is 0.465. The van der Waals surface area contributed by atoms with Crippen molar-refractivity contribution in [2.45, 2.75) is 17.4 Å². The van der Waals surface area contributed by atoms with E-state index in [-0.39, 0.29) is 5.75 Å². The zero-order valence-electron chi connectivity index (χ0n) is 11.7. The van der Waals surface area contributed by atoms with Gasteiger partial charge in [-0.3, -0.25) is 0 Å². The van der Waals surface area contributed by atoms with Crippen LogP contribution in [-0.2, 0) is 14.4 Å². The Bertz CT molecular complexity index is 548. The van der Waals surface area contributed by atoms with Crippen molar-refractivity contribution in [1.82, 2.24) is 0 Å². The van der Waals surface area contributed by atoms with Crippen LogP contribution in [0.3, 0.4) is 0 Å². The van der Waals surface area contributed by atoms with Crippen molar-refractivity contribution in [3.63, 3.8) is 0 Å². The van der Waals surface area contributed by atoms with E-state index in [1.165, 1.54) is 0 Å². The summed E-state index contributed by atoms with van der Waals surface area (Å²) in [5.74, 6) is -3.05. The summed E-state index contributed by atoms with van der Waals surface area (Å²) in [6, 6.07) is 6.77. The van der Waals surface area contributed by atoms with E-state index in [2.05, 4.69) is 5.32 Å². The molecule has 1 rings (SSSR count). The third-order valence-electron chi connectivity index (χ3n) is 2.58. The van der Waals surface area contributed by atoms with Crippen LogP contribution in [-0.4, -0.2) is 58.2 Å². The minimum absolute atomic E-state index is 0.155. The fraction of sp³-hybridized carbons (Fsp3) is 0.308. The van der Waals surface area contributed by atoms with E-state index in [0.717, 1.165) is 16.1 Å². The Kier molecular flexibility index (Phi) is 7.44. The Balaban J connectivity index is 2.51. The van der Waals surface area contributed by atoms with Crippen LogP contribution < -0.4 is 9.67 Å². The molecule has 0 fully saturated rings. The SMILES string of the molecule is C[As](O)c1ccc(NC(=O)CSC(CC(=O)O)C(=O)O)cc1. The number of hydrogen-bond acceptors (Lipinski definition) is 5. The van der Waals surface area contributed by atoms with Gasteiger partial charge in [-0.15, -0.1) is 0 Å². The molecule has 2 atom stereocenters. The molecule has 0 heterocycles. The number of aliphatic carboxylic acids is 2. The third-order valence-corrected chi connectivity index (χ3v) is 5.97. The van der Waals surface area contributed by atoms with Gasteiger partial charge >= 0.3 is 136 Å². The van der Waals surface area contributed by atoms with E-state index in [0.29, 0.717) is 5.69 Å². The molecular formula is C13H16AsNO6S. The van der Waals surface area contributed by atoms with Crippen LogP contribution in [0.2, 0.25) is 5.71 Å². The molecule has 0 bridgehead atoms. The van der Waals surface area contributed by atoms with Crippen LogP contribution >= 0.6 is 11.8 Å². The zero-order chi connectivity index (χ0) is 16.7. The molecule has 120 valence electrons. The fourth-order valence-corrected chi connectivity index (χ4v) is 3.56. The summed E-state index contributed by atoms with van der Waals surface area (Å²) < 4.78 is 10.4. The standard InChI is InChI=1S/C13H16AsNO6S/c1-14(21)8-2-4-9(5-3-8)15-11(16)7-22-10(13(19)20)6-12(17)18/h2-5,10,21H,6-7H2,1H3,(H,15,16)(H,17,18)(H,19,20). The van der Waals surface area contributed by atoms with Crippen LogP contribution in [0.5, 0.6) is 0 Å². The van der Waals surface area contributed by atoms with Gasteiger partial charge in [0.1, 0.15) is 0 Å². The second kappa shape index (κ2) is 8.82. The molecule has 0 radical (unpaired) electrons. The number of nitrogens with one attached hydrogen (secondary N) is 1. The van der Waals surface area contributed by atoms with Crippen molar-refractivity contribution in [3.05, 3.63) is 24.3 Å². The van der Waals surface area contributed by atoms with E-state index in [1.54, 1.807) is 30.0 Å². The normalized spacial score (nSPS) is 13.2. The summed E-state index contributed by atoms with van der Waals surface area (Å²) in [6.45, 7) is 0. The van der Waals surface area contributed by atoms with Gasteiger partial charge in [0.15, 0.2) is 0 Å². The molecule has 0 aliphatic heterocycles. The summed E-state index contributed by atoms with van der Waals surface area (Å²) in [6.07, 6.45) is -0.540. The van der Waals surface area contributed by atoms with Gasteiger partial charge in [-0.1, -0.05) is 0 Å². The van der Waals surface area contributed by atoms with Crippen molar-refractivity contribution in [2.24, 2.45) is 0 Å². The number of amides is 1. The maximum atomic E-state index is 11.7. The second-order valence-electron chi connectivity index (χ2n) is 4.35. The van der Waals surface area contributed by atoms with E-state index < -0.39 is 44.5 Å². The predicted molar refractivity (Wildman–Crippen MR) is 84.7 cm³/mol. The maximum absolute atomic E-state index is 11.7. The van der Waals surface area contributed by atoms with Gasteiger partial charge in [0.25, 0.3) is 0 Å². The number of benzene rings is 1. The molecule has 1 aromatic carbocycles. The van der Waals surface area contributed by atoms with Crippen molar-refractivity contribution < 1.29 is 28.7 Å². The first-order valence-electron chi connectivity index (χ1n) is 6.18. The summed E-state index contributed by atoms with van der Waals surface area (Å²) >= 11 is -1.17. The first kappa shape index (κ1) is 18.5. The van der Waals surface area contributed by atoms with Crippen molar-refractivity contribution in [2.75, 3.05) is 11.1 Å². The van der Waals surface area contributed by atoms with Crippen molar-refractivity contribution in [1.29, 1.82) is 0 Å². The molecule has 2 unspecified atom stereocenters. The Labute approximate surface area is 136 Å². The molecule has 0 spiro atoms. The molecule has 7 nitrogen and oxygen atoms in total. The van der Waals surface area contributed by atoms with Crippen LogP contribution in [0.15, 0.2) is 24.3 Å². The van der Waals surface area contributed by atoms with Crippen LogP contribution in [0.4, 0.5) is 5.69 Å². The summed E-state index contributed by atoms with van der Waals surface area (Å²) in [7, 11) is 0.